The summed E-state index contributed by atoms with van der Waals surface area (Å²) in [6, 6.07) is -0.639. The number of hydrogen-bond donors (Lipinski definition) is 2. The smallest absolute Gasteiger partial charge is 0.238 e. The Balaban J connectivity index is 4.17. The van der Waals surface area contributed by atoms with Gasteiger partial charge in [0.05, 0.1) is 12.1 Å². The van der Waals surface area contributed by atoms with Gasteiger partial charge in [-0.25, -0.2) is 0 Å². The number of nitrogens with one attached hydrogen (secondary N) is 1. The van der Waals surface area contributed by atoms with Crippen LogP contribution in [0.5, 0.6) is 0 Å². The molecule has 3 unspecified atom stereocenters. The van der Waals surface area contributed by atoms with Crippen molar-refractivity contribution in [2.75, 3.05) is 0 Å². The average Bonchev–Trinajstić information content (AvgIpc) is 2.26. The second-order valence-corrected chi connectivity index (χ2v) is 3.93. The van der Waals surface area contributed by atoms with Crippen molar-refractivity contribution in [2.24, 2.45) is 11.7 Å². The van der Waals surface area contributed by atoms with E-state index in [0.717, 1.165) is 19.3 Å². The van der Waals surface area contributed by atoms with Crippen molar-refractivity contribution >= 4 is 5.91 Å². The summed E-state index contributed by atoms with van der Waals surface area (Å²) in [6.07, 6.45) is 7.96. The Morgan fingerprint density at radius 3 is 2.53 bits per heavy atom. The normalized spacial score (nSPS) is 16.2. The zero-order chi connectivity index (χ0) is 11.8. The molecule has 0 aromatic heterocycles. The number of hydrogen-bond acceptors (Lipinski definition) is 2. The molecular weight excluding hydrogens is 188 g/mol. The molecule has 0 aliphatic rings. The van der Waals surface area contributed by atoms with Crippen molar-refractivity contribution in [3.8, 4) is 12.3 Å². The molecule has 0 bridgehead atoms. The van der Waals surface area contributed by atoms with E-state index in [1.807, 2.05) is 20.8 Å². The quantitative estimate of drug-likeness (QED) is 0.649. The molecule has 0 aromatic carbocycles. The molecule has 3 nitrogen and oxygen atoms in total. The Hall–Kier alpha value is -1.01. The highest BCUT2D eigenvalue weighted by atomic mass is 16.2. The predicted octanol–water partition coefficient (Wildman–Crippen LogP) is 1.28. The van der Waals surface area contributed by atoms with Crippen LogP contribution in [0.4, 0.5) is 0 Å². The Labute approximate surface area is 92.8 Å². The second kappa shape index (κ2) is 7.30. The first-order chi connectivity index (χ1) is 7.06. The summed E-state index contributed by atoms with van der Waals surface area (Å²) < 4.78 is 0. The Morgan fingerprint density at radius 1 is 1.53 bits per heavy atom. The van der Waals surface area contributed by atoms with Crippen molar-refractivity contribution in [3.05, 3.63) is 0 Å². The van der Waals surface area contributed by atoms with E-state index in [1.165, 1.54) is 0 Å². The fraction of sp³-hybridized carbons (Fsp3) is 0.750. The lowest BCUT2D eigenvalue weighted by atomic mass is 9.99. The van der Waals surface area contributed by atoms with Gasteiger partial charge in [-0.2, -0.15) is 0 Å². The van der Waals surface area contributed by atoms with Gasteiger partial charge in [0.15, 0.2) is 0 Å². The summed E-state index contributed by atoms with van der Waals surface area (Å²) in [6.45, 7) is 6.02. The van der Waals surface area contributed by atoms with Crippen LogP contribution in [-0.4, -0.2) is 18.0 Å². The maximum absolute atomic E-state index is 11.7. The first-order valence-electron chi connectivity index (χ1n) is 5.58. The van der Waals surface area contributed by atoms with E-state index < -0.39 is 6.04 Å². The molecule has 0 aliphatic carbocycles. The van der Waals surface area contributed by atoms with Crippen LogP contribution in [0.2, 0.25) is 0 Å². The van der Waals surface area contributed by atoms with E-state index >= 15 is 0 Å². The lowest BCUT2D eigenvalue weighted by Crippen LogP contribution is -2.47. The molecule has 86 valence electrons. The van der Waals surface area contributed by atoms with Crippen molar-refractivity contribution in [2.45, 2.75) is 52.1 Å². The van der Waals surface area contributed by atoms with E-state index in [9.17, 15) is 4.79 Å². The summed E-state index contributed by atoms with van der Waals surface area (Å²) in [5.41, 5.74) is 5.79. The highest BCUT2D eigenvalue weighted by Gasteiger charge is 2.20. The maximum Gasteiger partial charge on any atom is 0.238 e. The molecule has 0 radical (unpaired) electrons. The Morgan fingerprint density at radius 2 is 2.13 bits per heavy atom. The van der Waals surface area contributed by atoms with Gasteiger partial charge in [-0.3, -0.25) is 4.79 Å². The summed E-state index contributed by atoms with van der Waals surface area (Å²) in [5, 5.41) is 2.78. The van der Waals surface area contributed by atoms with Gasteiger partial charge in [0.25, 0.3) is 0 Å². The molecule has 0 rings (SSSR count). The molecule has 0 heterocycles. The molecule has 0 fully saturated rings. The Kier molecular flexibility index (Phi) is 6.81. The number of rotatable bonds is 6. The second-order valence-electron chi connectivity index (χ2n) is 3.93. The van der Waals surface area contributed by atoms with Crippen LogP contribution in [0.25, 0.3) is 0 Å². The monoisotopic (exact) mass is 210 g/mol. The van der Waals surface area contributed by atoms with Gasteiger partial charge in [0.1, 0.15) is 0 Å². The molecule has 1 amide bonds. The molecule has 15 heavy (non-hydrogen) atoms. The van der Waals surface area contributed by atoms with Gasteiger partial charge >= 0.3 is 0 Å². The molecule has 3 atom stereocenters. The van der Waals surface area contributed by atoms with E-state index in [-0.39, 0.29) is 17.9 Å². The van der Waals surface area contributed by atoms with Crippen molar-refractivity contribution in [3.63, 3.8) is 0 Å². The van der Waals surface area contributed by atoms with Crippen LogP contribution >= 0.6 is 0 Å². The number of terminal acetylenes is 1. The highest BCUT2D eigenvalue weighted by molar-refractivity contribution is 5.82. The van der Waals surface area contributed by atoms with E-state index in [2.05, 4.69) is 11.2 Å². The third-order valence-electron chi connectivity index (χ3n) is 2.65. The fourth-order valence-corrected chi connectivity index (χ4v) is 1.27. The summed E-state index contributed by atoms with van der Waals surface area (Å²) in [4.78, 5) is 11.7. The van der Waals surface area contributed by atoms with Gasteiger partial charge in [0, 0.05) is 0 Å². The third kappa shape index (κ3) is 4.85. The first kappa shape index (κ1) is 14.0. The molecule has 0 saturated carbocycles. The summed E-state index contributed by atoms with van der Waals surface area (Å²) in [7, 11) is 0. The predicted molar refractivity (Wildman–Crippen MR) is 63.1 cm³/mol. The zero-order valence-corrected chi connectivity index (χ0v) is 9.92. The van der Waals surface area contributed by atoms with Crippen LogP contribution in [0.15, 0.2) is 0 Å². The van der Waals surface area contributed by atoms with Crippen LogP contribution in [0.3, 0.4) is 0 Å². The van der Waals surface area contributed by atoms with Gasteiger partial charge in [-0.15, -0.1) is 6.42 Å². The van der Waals surface area contributed by atoms with Gasteiger partial charge in [-0.05, 0) is 12.3 Å². The zero-order valence-electron chi connectivity index (χ0n) is 9.92. The topological polar surface area (TPSA) is 55.1 Å². The maximum atomic E-state index is 11.7. The number of carbonyl (C=O) groups excluding carboxylic acids is 1. The van der Waals surface area contributed by atoms with Crippen LogP contribution in [0.1, 0.15) is 40.0 Å². The minimum atomic E-state index is -0.456. The molecule has 3 N–H and O–H groups in total. The largest absolute Gasteiger partial charge is 0.341 e. The number of carbonyl (C=O) groups is 1. The molecule has 0 spiro atoms. The fourth-order valence-electron chi connectivity index (χ4n) is 1.27. The van der Waals surface area contributed by atoms with Crippen LogP contribution < -0.4 is 11.1 Å². The first-order valence-corrected chi connectivity index (χ1v) is 5.58. The summed E-state index contributed by atoms with van der Waals surface area (Å²) >= 11 is 0. The average molecular weight is 210 g/mol. The molecule has 0 saturated heterocycles. The lowest BCUT2D eigenvalue weighted by molar-refractivity contribution is -0.123. The molecular formula is C12H22N2O. The van der Waals surface area contributed by atoms with Crippen molar-refractivity contribution in [1.82, 2.24) is 5.32 Å². The van der Waals surface area contributed by atoms with Gasteiger partial charge in [0.2, 0.25) is 5.91 Å². The van der Waals surface area contributed by atoms with Crippen molar-refractivity contribution < 1.29 is 4.79 Å². The van der Waals surface area contributed by atoms with Crippen LogP contribution in [0, 0.1) is 18.3 Å². The minimum absolute atomic E-state index is 0.138. The van der Waals surface area contributed by atoms with E-state index in [4.69, 9.17) is 12.2 Å². The minimum Gasteiger partial charge on any atom is -0.341 e. The van der Waals surface area contributed by atoms with Gasteiger partial charge < -0.3 is 11.1 Å². The third-order valence-corrected chi connectivity index (χ3v) is 2.65. The summed E-state index contributed by atoms with van der Waals surface area (Å²) in [5.74, 6) is 2.61. The highest BCUT2D eigenvalue weighted by Crippen LogP contribution is 2.06. The standard InChI is InChI=1S/C12H22N2O/c1-5-8-10(7-3)14-12(15)11(13)9(4)6-2/h3,9-11H,5-6,8,13H2,1-2,4H3,(H,14,15). The van der Waals surface area contributed by atoms with E-state index in [0.29, 0.717) is 0 Å². The SMILES string of the molecule is C#CC(CCC)NC(=O)C(N)C(C)CC. The van der Waals surface area contributed by atoms with Crippen LogP contribution in [-0.2, 0) is 4.79 Å². The van der Waals surface area contributed by atoms with Crippen molar-refractivity contribution in [1.29, 1.82) is 0 Å². The number of amides is 1. The van der Waals surface area contributed by atoms with E-state index in [1.54, 1.807) is 0 Å². The Bertz CT molecular complexity index is 232. The molecule has 0 aromatic rings. The molecule has 3 heteroatoms. The molecule has 0 aliphatic heterocycles. The number of nitrogens with two attached hydrogens (primary N) is 1. The lowest BCUT2D eigenvalue weighted by Gasteiger charge is -2.20. The van der Waals surface area contributed by atoms with Gasteiger partial charge in [-0.1, -0.05) is 39.5 Å².